The molecule has 0 aliphatic rings. The van der Waals surface area contributed by atoms with E-state index in [1.54, 1.807) is 47.2 Å². The second-order valence-corrected chi connectivity index (χ2v) is 8.30. The first kappa shape index (κ1) is 24.0. The summed E-state index contributed by atoms with van der Waals surface area (Å²) in [6.45, 7) is 0.981. The Bertz CT molecular complexity index is 1450. The van der Waals surface area contributed by atoms with Crippen molar-refractivity contribution < 1.29 is 27.5 Å². The van der Waals surface area contributed by atoms with Gasteiger partial charge in [0, 0.05) is 28.4 Å². The number of nitriles is 1. The predicted molar refractivity (Wildman–Crippen MR) is 123 cm³/mol. The number of halogens is 4. The summed E-state index contributed by atoms with van der Waals surface area (Å²) in [5, 5.41) is 22.6. The summed E-state index contributed by atoms with van der Waals surface area (Å²) in [6, 6.07) is 17.7. The Kier molecular flexibility index (Phi) is 6.09. The van der Waals surface area contributed by atoms with Crippen molar-refractivity contribution in [2.45, 2.75) is 25.2 Å². The number of aliphatic hydroxyl groups is 1. The van der Waals surface area contributed by atoms with Gasteiger partial charge < -0.3 is 15.0 Å². The van der Waals surface area contributed by atoms with E-state index < -0.39 is 34.6 Å². The van der Waals surface area contributed by atoms with Gasteiger partial charge in [0.05, 0.1) is 23.7 Å². The normalized spacial score (nSPS) is 13.3. The number of hydrogen-bond donors (Lipinski definition) is 2. The van der Waals surface area contributed by atoms with Crippen LogP contribution >= 0.6 is 0 Å². The van der Waals surface area contributed by atoms with Gasteiger partial charge in [-0.3, -0.25) is 4.79 Å². The topological polar surface area (TPSA) is 78.1 Å². The van der Waals surface area contributed by atoms with Crippen LogP contribution in [0.1, 0.15) is 18.1 Å². The minimum atomic E-state index is -4.79. The molecule has 178 valence electrons. The molecular weight excluding hydrogens is 462 g/mol. The Hall–Kier alpha value is -4.16. The maximum Gasteiger partial charge on any atom is 0.417 e. The number of nitrogens with zero attached hydrogens (tertiary/aromatic N) is 2. The zero-order chi connectivity index (χ0) is 25.4. The van der Waals surface area contributed by atoms with Crippen molar-refractivity contribution in [2.24, 2.45) is 0 Å². The molecule has 4 aromatic rings. The molecule has 0 spiro atoms. The number of fused-ring (bicyclic) bond motifs is 1. The van der Waals surface area contributed by atoms with Gasteiger partial charge in [0.15, 0.2) is 5.60 Å². The van der Waals surface area contributed by atoms with Gasteiger partial charge in [0.25, 0.3) is 5.91 Å². The molecule has 0 aliphatic carbocycles. The van der Waals surface area contributed by atoms with Crippen LogP contribution in [0.2, 0.25) is 0 Å². The van der Waals surface area contributed by atoms with E-state index in [-0.39, 0.29) is 12.2 Å². The number of carbonyl (C=O) groups is 1. The highest BCUT2D eigenvalue weighted by atomic mass is 19.4. The quantitative estimate of drug-likeness (QED) is 0.358. The van der Waals surface area contributed by atoms with Crippen molar-refractivity contribution >= 4 is 22.5 Å². The fourth-order valence-corrected chi connectivity index (χ4v) is 3.81. The molecule has 1 aromatic heterocycles. The number of aromatic nitrogens is 1. The lowest BCUT2D eigenvalue weighted by atomic mass is 10.0. The van der Waals surface area contributed by atoms with Crippen LogP contribution in [0.3, 0.4) is 0 Å². The molecule has 1 heterocycles. The summed E-state index contributed by atoms with van der Waals surface area (Å²) in [5.74, 6) is -1.37. The molecule has 1 unspecified atom stereocenters. The minimum absolute atomic E-state index is 0.215. The smallest absolute Gasteiger partial charge is 0.378 e. The summed E-state index contributed by atoms with van der Waals surface area (Å²) in [5.41, 5.74) is -2.44. The maximum absolute atomic E-state index is 14.7. The summed E-state index contributed by atoms with van der Waals surface area (Å²) >= 11 is 0. The number of amides is 1. The predicted octanol–water partition coefficient (Wildman–Crippen LogP) is 5.73. The van der Waals surface area contributed by atoms with E-state index in [4.69, 9.17) is 5.26 Å². The Morgan fingerprint density at radius 1 is 1.09 bits per heavy atom. The second-order valence-electron chi connectivity index (χ2n) is 8.30. The van der Waals surface area contributed by atoms with Crippen LogP contribution in [0.15, 0.2) is 72.9 Å². The fourth-order valence-electron chi connectivity index (χ4n) is 3.81. The van der Waals surface area contributed by atoms with Crippen molar-refractivity contribution in [1.82, 2.24) is 4.57 Å². The Balaban J connectivity index is 1.61. The van der Waals surface area contributed by atoms with Crippen molar-refractivity contribution in [2.75, 3.05) is 5.32 Å². The molecular formula is C26H19F4N3O2. The number of benzene rings is 3. The molecule has 2 N–H and O–H groups in total. The average molecular weight is 481 g/mol. The van der Waals surface area contributed by atoms with Crippen LogP contribution in [0.25, 0.3) is 22.0 Å². The molecule has 1 atom stereocenters. The van der Waals surface area contributed by atoms with Crippen LogP contribution < -0.4 is 5.32 Å². The first-order chi connectivity index (χ1) is 16.5. The lowest BCUT2D eigenvalue weighted by Crippen LogP contribution is -2.43. The maximum atomic E-state index is 14.7. The number of hydrogen-bond acceptors (Lipinski definition) is 3. The van der Waals surface area contributed by atoms with Gasteiger partial charge in [-0.2, -0.15) is 18.4 Å². The van der Waals surface area contributed by atoms with E-state index in [1.807, 2.05) is 6.07 Å². The molecule has 0 saturated carbocycles. The summed E-state index contributed by atoms with van der Waals surface area (Å²) < 4.78 is 55.9. The van der Waals surface area contributed by atoms with E-state index in [2.05, 4.69) is 5.32 Å². The van der Waals surface area contributed by atoms with Crippen molar-refractivity contribution in [3.8, 4) is 17.2 Å². The van der Waals surface area contributed by atoms with Crippen molar-refractivity contribution in [3.63, 3.8) is 0 Å². The number of rotatable bonds is 5. The second kappa shape index (κ2) is 8.89. The largest absolute Gasteiger partial charge is 0.417 e. The number of carbonyl (C=O) groups excluding carboxylic acids is 1. The summed E-state index contributed by atoms with van der Waals surface area (Å²) in [6.07, 6.45) is -3.20. The summed E-state index contributed by atoms with van der Waals surface area (Å²) in [7, 11) is 0. The zero-order valence-electron chi connectivity index (χ0n) is 18.4. The lowest BCUT2D eigenvalue weighted by molar-refractivity contribution is -0.138. The Morgan fingerprint density at radius 3 is 2.46 bits per heavy atom. The molecule has 3 aromatic carbocycles. The fraction of sp³-hybridized carbons (Fsp3) is 0.154. The highest BCUT2D eigenvalue weighted by molar-refractivity contribution is 5.97. The van der Waals surface area contributed by atoms with Gasteiger partial charge in [0.1, 0.15) is 5.82 Å². The van der Waals surface area contributed by atoms with E-state index in [0.29, 0.717) is 28.1 Å². The van der Waals surface area contributed by atoms with Crippen LogP contribution in [0.4, 0.5) is 23.2 Å². The molecule has 1 amide bonds. The number of alkyl halides is 3. The van der Waals surface area contributed by atoms with E-state index >= 15 is 0 Å². The van der Waals surface area contributed by atoms with E-state index in [1.165, 1.54) is 19.1 Å². The van der Waals surface area contributed by atoms with Gasteiger partial charge in [-0.05, 0) is 48.9 Å². The highest BCUT2D eigenvalue weighted by Gasteiger charge is 2.35. The SMILES string of the molecule is CC(O)(Cn1ccc2cc(F)c(-c3ccccc3)cc21)C(=O)Nc1ccc(C#N)c(C(F)(F)F)c1. The van der Waals surface area contributed by atoms with Crippen LogP contribution in [-0.2, 0) is 17.5 Å². The minimum Gasteiger partial charge on any atom is -0.378 e. The molecule has 9 heteroatoms. The molecule has 4 rings (SSSR count). The molecule has 5 nitrogen and oxygen atoms in total. The molecule has 0 radical (unpaired) electrons. The third-order valence-electron chi connectivity index (χ3n) is 5.62. The molecule has 0 saturated heterocycles. The monoisotopic (exact) mass is 481 g/mol. The average Bonchev–Trinajstić information content (AvgIpc) is 3.19. The molecule has 35 heavy (non-hydrogen) atoms. The third-order valence-corrected chi connectivity index (χ3v) is 5.62. The molecule has 0 fully saturated rings. The van der Waals surface area contributed by atoms with Gasteiger partial charge >= 0.3 is 6.18 Å². The first-order valence-corrected chi connectivity index (χ1v) is 10.5. The zero-order valence-corrected chi connectivity index (χ0v) is 18.4. The van der Waals surface area contributed by atoms with E-state index in [0.717, 1.165) is 12.1 Å². The number of nitrogens with one attached hydrogen (secondary N) is 1. The van der Waals surface area contributed by atoms with Crippen molar-refractivity contribution in [3.05, 3.63) is 89.9 Å². The molecule has 0 aliphatic heterocycles. The van der Waals surface area contributed by atoms with Crippen LogP contribution in [-0.4, -0.2) is 21.2 Å². The Labute approximate surface area is 197 Å². The molecule has 0 bridgehead atoms. The van der Waals surface area contributed by atoms with Gasteiger partial charge in [-0.25, -0.2) is 4.39 Å². The Morgan fingerprint density at radius 2 is 1.80 bits per heavy atom. The van der Waals surface area contributed by atoms with Crippen LogP contribution in [0, 0.1) is 17.1 Å². The van der Waals surface area contributed by atoms with Gasteiger partial charge in [-0.1, -0.05) is 30.3 Å². The van der Waals surface area contributed by atoms with E-state index in [9.17, 15) is 27.5 Å². The van der Waals surface area contributed by atoms with Gasteiger partial charge in [0.2, 0.25) is 0 Å². The standard InChI is InChI=1S/C26H19F4N3O2/c1-25(35,24(34)32-19-8-7-18(14-31)21(12-19)26(28,29)30)15-33-10-9-17-11-22(27)20(13-23(17)33)16-5-3-2-4-6-16/h2-13,35H,15H2,1H3,(H,32,34). The van der Waals surface area contributed by atoms with Crippen molar-refractivity contribution in [1.29, 1.82) is 5.26 Å². The number of anilines is 1. The third kappa shape index (κ3) is 4.88. The summed E-state index contributed by atoms with van der Waals surface area (Å²) in [4.78, 5) is 12.8. The first-order valence-electron chi connectivity index (χ1n) is 10.5. The van der Waals surface area contributed by atoms with Crippen LogP contribution in [0.5, 0.6) is 0 Å². The highest BCUT2D eigenvalue weighted by Crippen LogP contribution is 2.34. The lowest BCUT2D eigenvalue weighted by Gasteiger charge is -2.24. The van der Waals surface area contributed by atoms with Gasteiger partial charge in [-0.15, -0.1) is 0 Å².